The normalized spacial score (nSPS) is 11.1. The lowest BCUT2D eigenvalue weighted by Crippen LogP contribution is -2.43. The zero-order valence-electron chi connectivity index (χ0n) is 10.6. The molecule has 0 fully saturated rings. The standard InChI is InChI=1S/C13H18FNO2/c1-9-5-6-10(14)11(7-9)17-8-12(16)15-13(2,3)4/h5-7H,8H2,1-4H3,(H,15,16). The molecule has 0 aromatic heterocycles. The van der Waals surface area contributed by atoms with Crippen molar-refractivity contribution in [3.63, 3.8) is 0 Å². The molecule has 1 rings (SSSR count). The summed E-state index contributed by atoms with van der Waals surface area (Å²) in [5.41, 5.74) is 0.573. The van der Waals surface area contributed by atoms with Crippen LogP contribution in [-0.4, -0.2) is 18.1 Å². The summed E-state index contributed by atoms with van der Waals surface area (Å²) < 4.78 is 18.4. The maximum Gasteiger partial charge on any atom is 0.258 e. The minimum atomic E-state index is -0.459. The zero-order chi connectivity index (χ0) is 13.1. The van der Waals surface area contributed by atoms with Crippen LogP contribution >= 0.6 is 0 Å². The number of carbonyl (C=O) groups is 1. The molecule has 0 bridgehead atoms. The first-order valence-corrected chi connectivity index (χ1v) is 5.48. The molecule has 0 spiro atoms. The van der Waals surface area contributed by atoms with Gasteiger partial charge in [-0.05, 0) is 45.4 Å². The third-order valence-corrected chi connectivity index (χ3v) is 1.96. The molecule has 0 aliphatic heterocycles. The van der Waals surface area contributed by atoms with E-state index in [0.29, 0.717) is 0 Å². The molecule has 1 aromatic rings. The lowest BCUT2D eigenvalue weighted by molar-refractivity contribution is -0.124. The molecule has 0 saturated heterocycles. The van der Waals surface area contributed by atoms with E-state index < -0.39 is 5.82 Å². The van der Waals surface area contributed by atoms with E-state index in [1.54, 1.807) is 12.1 Å². The number of amides is 1. The Morgan fingerprint density at radius 2 is 2.06 bits per heavy atom. The topological polar surface area (TPSA) is 38.3 Å². The Kier molecular flexibility index (Phi) is 4.10. The fourth-order valence-electron chi connectivity index (χ4n) is 1.32. The highest BCUT2D eigenvalue weighted by Gasteiger charge is 2.14. The lowest BCUT2D eigenvalue weighted by atomic mass is 10.1. The van der Waals surface area contributed by atoms with E-state index in [1.165, 1.54) is 6.07 Å². The van der Waals surface area contributed by atoms with Gasteiger partial charge in [-0.1, -0.05) is 6.07 Å². The molecule has 1 aromatic carbocycles. The van der Waals surface area contributed by atoms with Gasteiger partial charge in [0, 0.05) is 5.54 Å². The van der Waals surface area contributed by atoms with Crippen molar-refractivity contribution in [3.05, 3.63) is 29.6 Å². The van der Waals surface area contributed by atoms with E-state index in [1.807, 2.05) is 27.7 Å². The summed E-state index contributed by atoms with van der Waals surface area (Å²) >= 11 is 0. The number of hydrogen-bond acceptors (Lipinski definition) is 2. The molecular weight excluding hydrogens is 221 g/mol. The smallest absolute Gasteiger partial charge is 0.258 e. The van der Waals surface area contributed by atoms with Crippen LogP contribution in [-0.2, 0) is 4.79 Å². The van der Waals surface area contributed by atoms with Gasteiger partial charge in [-0.2, -0.15) is 0 Å². The molecule has 0 aliphatic carbocycles. The molecule has 1 amide bonds. The quantitative estimate of drug-likeness (QED) is 0.879. The summed E-state index contributed by atoms with van der Waals surface area (Å²) in [6, 6.07) is 4.55. The molecule has 94 valence electrons. The van der Waals surface area contributed by atoms with Crippen molar-refractivity contribution in [2.75, 3.05) is 6.61 Å². The van der Waals surface area contributed by atoms with E-state index in [-0.39, 0.29) is 23.8 Å². The van der Waals surface area contributed by atoms with Gasteiger partial charge < -0.3 is 10.1 Å². The van der Waals surface area contributed by atoms with Crippen LogP contribution in [0.2, 0.25) is 0 Å². The van der Waals surface area contributed by atoms with Gasteiger partial charge in [0.2, 0.25) is 0 Å². The predicted octanol–water partition coefficient (Wildman–Crippen LogP) is 2.43. The second-order valence-electron chi connectivity index (χ2n) is 5.02. The van der Waals surface area contributed by atoms with Crippen LogP contribution in [0, 0.1) is 12.7 Å². The molecule has 3 nitrogen and oxygen atoms in total. The summed E-state index contributed by atoms with van der Waals surface area (Å²) in [5.74, 6) is -0.619. The van der Waals surface area contributed by atoms with E-state index in [4.69, 9.17) is 4.74 Å². The molecule has 0 atom stereocenters. The van der Waals surface area contributed by atoms with Gasteiger partial charge in [-0.15, -0.1) is 0 Å². The second-order valence-corrected chi connectivity index (χ2v) is 5.02. The molecule has 0 heterocycles. The Hall–Kier alpha value is -1.58. The highest BCUT2D eigenvalue weighted by atomic mass is 19.1. The van der Waals surface area contributed by atoms with Crippen molar-refractivity contribution in [2.45, 2.75) is 33.2 Å². The summed E-state index contributed by atoms with van der Waals surface area (Å²) in [6.45, 7) is 7.27. The summed E-state index contributed by atoms with van der Waals surface area (Å²) in [6.07, 6.45) is 0. The fourth-order valence-corrected chi connectivity index (χ4v) is 1.32. The molecule has 0 saturated carbocycles. The van der Waals surface area contributed by atoms with Gasteiger partial charge in [-0.25, -0.2) is 4.39 Å². The Balaban J connectivity index is 2.56. The summed E-state index contributed by atoms with van der Waals surface area (Å²) in [7, 11) is 0. The highest BCUT2D eigenvalue weighted by Crippen LogP contribution is 2.18. The summed E-state index contributed by atoms with van der Waals surface area (Å²) in [4.78, 5) is 11.5. The molecule has 1 N–H and O–H groups in total. The first-order valence-electron chi connectivity index (χ1n) is 5.48. The van der Waals surface area contributed by atoms with Gasteiger partial charge in [-0.3, -0.25) is 4.79 Å². The number of ether oxygens (including phenoxy) is 1. The summed E-state index contributed by atoms with van der Waals surface area (Å²) in [5, 5.41) is 2.74. The van der Waals surface area contributed by atoms with E-state index in [2.05, 4.69) is 5.32 Å². The van der Waals surface area contributed by atoms with Crippen LogP contribution in [0.5, 0.6) is 5.75 Å². The fraction of sp³-hybridized carbons (Fsp3) is 0.462. The average molecular weight is 239 g/mol. The van der Waals surface area contributed by atoms with Crippen LogP contribution in [0.25, 0.3) is 0 Å². The van der Waals surface area contributed by atoms with Gasteiger partial charge in [0.1, 0.15) is 0 Å². The Morgan fingerprint density at radius 3 is 2.65 bits per heavy atom. The van der Waals surface area contributed by atoms with Crippen molar-refractivity contribution in [2.24, 2.45) is 0 Å². The third kappa shape index (κ3) is 4.85. The number of nitrogens with one attached hydrogen (secondary N) is 1. The van der Waals surface area contributed by atoms with Gasteiger partial charge >= 0.3 is 0 Å². The van der Waals surface area contributed by atoms with Gasteiger partial charge in [0.25, 0.3) is 5.91 Å². The van der Waals surface area contributed by atoms with Gasteiger partial charge in [0.15, 0.2) is 18.2 Å². The van der Waals surface area contributed by atoms with Crippen LogP contribution in [0.15, 0.2) is 18.2 Å². The van der Waals surface area contributed by atoms with Crippen molar-refractivity contribution in [3.8, 4) is 5.75 Å². The lowest BCUT2D eigenvalue weighted by Gasteiger charge is -2.20. The predicted molar refractivity (Wildman–Crippen MR) is 64.5 cm³/mol. The minimum absolute atomic E-state index is 0.106. The van der Waals surface area contributed by atoms with E-state index >= 15 is 0 Å². The van der Waals surface area contributed by atoms with Crippen molar-refractivity contribution in [1.82, 2.24) is 5.32 Å². The molecule has 0 aliphatic rings. The van der Waals surface area contributed by atoms with E-state index in [0.717, 1.165) is 5.56 Å². The van der Waals surface area contributed by atoms with Crippen LogP contribution in [0.3, 0.4) is 0 Å². The Bertz CT molecular complexity index is 410. The maximum absolute atomic E-state index is 13.3. The van der Waals surface area contributed by atoms with Crippen LogP contribution in [0.1, 0.15) is 26.3 Å². The number of carbonyl (C=O) groups excluding carboxylic acids is 1. The zero-order valence-corrected chi connectivity index (χ0v) is 10.6. The van der Waals surface area contributed by atoms with Crippen molar-refractivity contribution >= 4 is 5.91 Å². The first kappa shape index (κ1) is 13.5. The largest absolute Gasteiger partial charge is 0.481 e. The minimum Gasteiger partial charge on any atom is -0.481 e. The number of rotatable bonds is 3. The number of halogens is 1. The number of hydrogen-bond donors (Lipinski definition) is 1. The third-order valence-electron chi connectivity index (χ3n) is 1.96. The van der Waals surface area contributed by atoms with E-state index in [9.17, 15) is 9.18 Å². The Morgan fingerprint density at radius 1 is 1.41 bits per heavy atom. The maximum atomic E-state index is 13.3. The number of aryl methyl sites for hydroxylation is 1. The molecular formula is C13H18FNO2. The van der Waals surface area contributed by atoms with Crippen molar-refractivity contribution in [1.29, 1.82) is 0 Å². The molecule has 0 radical (unpaired) electrons. The first-order chi connectivity index (χ1) is 7.78. The molecule has 0 unspecified atom stereocenters. The molecule has 17 heavy (non-hydrogen) atoms. The second kappa shape index (κ2) is 5.17. The highest BCUT2D eigenvalue weighted by molar-refractivity contribution is 5.78. The monoisotopic (exact) mass is 239 g/mol. The Labute approximate surface area is 101 Å². The average Bonchev–Trinajstić information content (AvgIpc) is 2.17. The van der Waals surface area contributed by atoms with Crippen LogP contribution in [0.4, 0.5) is 4.39 Å². The van der Waals surface area contributed by atoms with Gasteiger partial charge in [0.05, 0.1) is 0 Å². The number of benzene rings is 1. The van der Waals surface area contributed by atoms with Crippen molar-refractivity contribution < 1.29 is 13.9 Å². The van der Waals surface area contributed by atoms with Crippen LogP contribution < -0.4 is 10.1 Å². The SMILES string of the molecule is Cc1ccc(F)c(OCC(=O)NC(C)(C)C)c1. The molecule has 4 heteroatoms.